The standard InChI is InChI=1S/C51H71IN6O11S/c1-28-25-50(7)46(68-48-45(63-11)39(58(9)10)23-29(2)66-48)31(4)44(67-42(60)24-34-15-12-13-22-54-34)32(5)47(61)69-49(52)51(8,62)37(30(3)43(28)55-33(6)59)20-18-35(26-64-50)57-65-27-36-19-21-40(70-36)38-16-14-17-41(53)56-38/h12-17,19,21-22,28-32,37,39,44-46,48-49,62H,18,20,23-27H2,1-11H3,(H2,53,56)/b55-43+,57-35+/t28-,29-,30-,31+,32-,37-,39+,44+,45-,46-,48+,49+,50-,51+/m1/s1. The highest BCUT2D eigenvalue weighted by molar-refractivity contribution is 14.1. The molecular formula is C51H71IN6O11S. The van der Waals surface area contributed by atoms with Crippen molar-refractivity contribution in [2.24, 2.45) is 39.7 Å². The lowest BCUT2D eigenvalue weighted by molar-refractivity contribution is -0.306. The number of thiophene rings is 1. The topological polar surface area (TPSA) is 216 Å². The third-order valence-corrected chi connectivity index (χ3v) is 16.6. The van der Waals surface area contributed by atoms with Crippen molar-refractivity contribution in [3.8, 4) is 10.6 Å². The molecule has 3 saturated heterocycles. The third kappa shape index (κ3) is 13.6. The van der Waals surface area contributed by atoms with Crippen LogP contribution in [0.2, 0.25) is 0 Å². The van der Waals surface area contributed by atoms with E-state index in [1.807, 2.05) is 95.6 Å². The van der Waals surface area contributed by atoms with E-state index in [4.69, 9.17) is 44.1 Å². The van der Waals surface area contributed by atoms with Crippen LogP contribution in [0.1, 0.15) is 91.6 Å². The molecule has 1 amide bonds. The third-order valence-electron chi connectivity index (χ3n) is 14.0. The van der Waals surface area contributed by atoms with Gasteiger partial charge in [-0.2, -0.15) is 0 Å². The number of cyclic esters (lactones) is 1. The molecule has 2 bridgehead atoms. The van der Waals surface area contributed by atoms with Crippen molar-refractivity contribution >= 4 is 69.0 Å². The molecule has 384 valence electrons. The van der Waals surface area contributed by atoms with Crippen molar-refractivity contribution < 1.29 is 52.7 Å². The molecule has 14 atom stereocenters. The Labute approximate surface area is 429 Å². The molecule has 0 saturated carbocycles. The number of esters is 2. The molecule has 19 heteroatoms. The summed E-state index contributed by atoms with van der Waals surface area (Å²) in [5.41, 5.74) is 5.28. The lowest BCUT2D eigenvalue weighted by Gasteiger charge is -2.49. The van der Waals surface area contributed by atoms with Gasteiger partial charge in [-0.3, -0.25) is 19.4 Å². The van der Waals surface area contributed by atoms with Gasteiger partial charge in [-0.1, -0.05) is 38.1 Å². The molecule has 17 nitrogen and oxygen atoms in total. The fourth-order valence-electron chi connectivity index (χ4n) is 10.3. The first-order valence-corrected chi connectivity index (χ1v) is 26.1. The number of halogens is 1. The molecule has 3 fully saturated rings. The van der Waals surface area contributed by atoms with Gasteiger partial charge in [-0.15, -0.1) is 11.3 Å². The van der Waals surface area contributed by atoms with Gasteiger partial charge in [-0.05, 0) is 138 Å². The number of oxime groups is 1. The predicted octanol–water partition coefficient (Wildman–Crippen LogP) is 7.46. The second kappa shape index (κ2) is 24.2. The van der Waals surface area contributed by atoms with E-state index in [1.165, 1.54) is 18.3 Å². The van der Waals surface area contributed by atoms with Crippen LogP contribution in [-0.4, -0.2) is 129 Å². The number of carbonyl (C=O) groups excluding carboxylic acids is 3. The number of nitrogens with zero attached hydrogens (tertiary/aromatic N) is 5. The molecule has 0 aliphatic carbocycles. The summed E-state index contributed by atoms with van der Waals surface area (Å²) < 4.78 is 38.9. The van der Waals surface area contributed by atoms with Gasteiger partial charge in [0, 0.05) is 48.7 Å². The number of nitrogen functional groups attached to an aromatic ring is 1. The molecule has 0 spiro atoms. The minimum atomic E-state index is -1.68. The maximum Gasteiger partial charge on any atom is 0.313 e. The fraction of sp³-hybridized carbons (Fsp3) is 0.627. The summed E-state index contributed by atoms with van der Waals surface area (Å²) in [5, 5.41) is 17.4. The van der Waals surface area contributed by atoms with Crippen LogP contribution in [0.25, 0.3) is 10.6 Å². The average Bonchev–Trinajstić information content (AvgIpc) is 3.78. The van der Waals surface area contributed by atoms with Gasteiger partial charge < -0.3 is 49.0 Å². The van der Waals surface area contributed by atoms with Crippen LogP contribution >= 0.6 is 33.9 Å². The molecule has 6 heterocycles. The highest BCUT2D eigenvalue weighted by atomic mass is 127. The summed E-state index contributed by atoms with van der Waals surface area (Å²) in [5.74, 6) is -4.78. The lowest BCUT2D eigenvalue weighted by atomic mass is 9.70. The van der Waals surface area contributed by atoms with E-state index in [0.29, 0.717) is 35.8 Å². The number of hydrogen-bond donors (Lipinski definition) is 2. The first-order valence-electron chi connectivity index (χ1n) is 24.0. The number of aliphatic imine (C=N–C) groups is 1. The second-order valence-corrected chi connectivity index (χ2v) is 22.1. The van der Waals surface area contributed by atoms with E-state index in [2.05, 4.69) is 19.9 Å². The molecular weight excluding hydrogens is 1030 g/mol. The smallest absolute Gasteiger partial charge is 0.313 e. The Bertz CT molecular complexity index is 2320. The molecule has 3 aliphatic heterocycles. The zero-order valence-electron chi connectivity index (χ0n) is 42.2. The first kappa shape index (κ1) is 55.4. The molecule has 0 unspecified atom stereocenters. The van der Waals surface area contributed by atoms with Crippen molar-refractivity contribution in [2.75, 3.05) is 33.5 Å². The number of aromatic nitrogens is 2. The first-order chi connectivity index (χ1) is 33.1. The van der Waals surface area contributed by atoms with Crippen LogP contribution < -0.4 is 5.73 Å². The number of aliphatic hydroxyl groups is 1. The predicted molar refractivity (Wildman–Crippen MR) is 275 cm³/mol. The number of hydrogen-bond acceptors (Lipinski definition) is 17. The van der Waals surface area contributed by atoms with E-state index < -0.39 is 87.4 Å². The van der Waals surface area contributed by atoms with Gasteiger partial charge in [0.05, 0.1) is 58.7 Å². The minimum absolute atomic E-state index is 0.0418. The monoisotopic (exact) mass is 1100 g/mol. The van der Waals surface area contributed by atoms with E-state index in [1.54, 1.807) is 51.4 Å². The van der Waals surface area contributed by atoms with Crippen LogP contribution in [0.3, 0.4) is 0 Å². The Morgan fingerprint density at radius 2 is 1.80 bits per heavy atom. The van der Waals surface area contributed by atoms with Crippen molar-refractivity contribution in [3.05, 3.63) is 65.3 Å². The minimum Gasteiger partial charge on any atom is -0.461 e. The number of alkyl halides is 1. The maximum absolute atomic E-state index is 14.6. The van der Waals surface area contributed by atoms with Crippen molar-refractivity contribution in [1.82, 2.24) is 14.9 Å². The zero-order valence-corrected chi connectivity index (χ0v) is 45.2. The largest absolute Gasteiger partial charge is 0.461 e. The van der Waals surface area contributed by atoms with Gasteiger partial charge in [0.1, 0.15) is 23.6 Å². The van der Waals surface area contributed by atoms with Crippen molar-refractivity contribution in [2.45, 2.75) is 146 Å². The zero-order chi connectivity index (χ0) is 51.1. The van der Waals surface area contributed by atoms with E-state index >= 15 is 0 Å². The van der Waals surface area contributed by atoms with E-state index in [0.717, 1.165) is 15.4 Å². The van der Waals surface area contributed by atoms with Gasteiger partial charge in [0.2, 0.25) is 5.91 Å². The number of pyridine rings is 2. The van der Waals surface area contributed by atoms with Crippen LogP contribution in [-0.2, 0) is 60.7 Å². The summed E-state index contributed by atoms with van der Waals surface area (Å²) in [7, 11) is 5.58. The molecule has 3 N–H and O–H groups in total. The highest BCUT2D eigenvalue weighted by Crippen LogP contribution is 2.44. The summed E-state index contributed by atoms with van der Waals surface area (Å²) in [6.07, 6.45) is -1.02. The number of anilines is 1. The molecule has 0 aromatic carbocycles. The average molecular weight is 1100 g/mol. The summed E-state index contributed by atoms with van der Waals surface area (Å²) in [6.45, 7) is 14.5. The van der Waals surface area contributed by atoms with Crippen LogP contribution in [0.15, 0.2) is 64.9 Å². The van der Waals surface area contributed by atoms with Crippen molar-refractivity contribution in [1.29, 1.82) is 0 Å². The lowest BCUT2D eigenvalue weighted by Crippen LogP contribution is -2.60. The van der Waals surface area contributed by atoms with Crippen LogP contribution in [0, 0.1) is 29.6 Å². The summed E-state index contributed by atoms with van der Waals surface area (Å²) in [6, 6.07) is 14.6. The highest BCUT2D eigenvalue weighted by Gasteiger charge is 2.53. The molecule has 3 aromatic heterocycles. The van der Waals surface area contributed by atoms with Gasteiger partial charge in [-0.25, -0.2) is 9.98 Å². The number of nitrogens with two attached hydrogens (primary N) is 1. The SMILES string of the molecule is CO[C@H]1[C@H](O[C@@H]2[C@@H](C)[C@H](OC(=O)Cc3ccccn3)[C@@H](C)C(=O)O[C@H](I)[C@@](C)(O)[C@@H]3CC/C(=N\OCc4ccc(-c5cccc(N)n5)s4)CO[C@]2(C)C[C@@H](C)/C(=N\C(C)=O)[C@@H]3C)O[C@H](C)C[C@@H]1N(C)C. The Morgan fingerprint density at radius 3 is 2.47 bits per heavy atom. The van der Waals surface area contributed by atoms with E-state index in [9.17, 15) is 19.5 Å². The molecule has 70 heavy (non-hydrogen) atoms. The number of fused-ring (bicyclic) bond motifs is 5. The fourth-order valence-corrected chi connectivity index (χ4v) is 11.9. The Balaban J connectivity index is 1.50. The number of carbonyl (C=O) groups is 3. The number of rotatable bonds is 11. The molecule has 0 radical (unpaired) electrons. The Morgan fingerprint density at radius 1 is 1.04 bits per heavy atom. The van der Waals surface area contributed by atoms with Crippen molar-refractivity contribution in [3.63, 3.8) is 0 Å². The Kier molecular flexibility index (Phi) is 19.1. The second-order valence-electron chi connectivity index (χ2n) is 19.8. The number of amides is 1. The Hall–Kier alpha value is -3.96. The summed E-state index contributed by atoms with van der Waals surface area (Å²) >= 11 is 3.47. The number of methoxy groups -OCH3 is 1. The summed E-state index contributed by atoms with van der Waals surface area (Å²) in [4.78, 5) is 65.3. The van der Waals surface area contributed by atoms with Gasteiger partial charge >= 0.3 is 11.9 Å². The van der Waals surface area contributed by atoms with Crippen LogP contribution in [0.4, 0.5) is 5.82 Å². The van der Waals surface area contributed by atoms with Crippen LogP contribution in [0.5, 0.6) is 0 Å². The quantitative estimate of drug-likeness (QED) is 0.0825. The molecule has 3 aromatic rings. The van der Waals surface area contributed by atoms with Gasteiger partial charge in [0.25, 0.3) is 0 Å². The normalized spacial score (nSPS) is 34.8. The van der Waals surface area contributed by atoms with Gasteiger partial charge in [0.15, 0.2) is 17.0 Å². The number of ether oxygens (including phenoxy) is 6. The number of likely N-dealkylation sites (N-methyl/N-ethyl adjacent to an activating group) is 1. The van der Waals surface area contributed by atoms with E-state index in [-0.39, 0.29) is 44.6 Å². The molecule has 6 rings (SSSR count). The maximum atomic E-state index is 14.6. The molecule has 3 aliphatic rings.